The minimum Gasteiger partial charge on any atom is -0.272 e. The Labute approximate surface area is 184 Å². The summed E-state index contributed by atoms with van der Waals surface area (Å²) in [6.45, 7) is 0. The van der Waals surface area contributed by atoms with Gasteiger partial charge in [-0.1, -0.05) is 41.6 Å². The van der Waals surface area contributed by atoms with E-state index < -0.39 is 34.5 Å². The van der Waals surface area contributed by atoms with Crippen LogP contribution in [0.3, 0.4) is 0 Å². The molecule has 0 spiro atoms. The van der Waals surface area contributed by atoms with Crippen LogP contribution in [-0.2, 0) is 14.4 Å². The van der Waals surface area contributed by atoms with E-state index in [-0.39, 0.29) is 31.8 Å². The van der Waals surface area contributed by atoms with Gasteiger partial charge in [-0.25, -0.2) is 0 Å². The Kier molecular flexibility index (Phi) is 4.35. The zero-order valence-electron chi connectivity index (χ0n) is 15.1. The zero-order chi connectivity index (χ0) is 21.3. The Bertz CT molecular complexity index is 1100. The number of thioether (sulfide) groups is 1. The fraction of sp³-hybridized carbons (Fsp3) is 0.263. The van der Waals surface area contributed by atoms with E-state index in [1.807, 2.05) is 12.2 Å². The first-order valence-corrected chi connectivity index (χ1v) is 10.7. The number of carbonyl (C=O) groups is 3. The molecule has 11 heteroatoms. The van der Waals surface area contributed by atoms with E-state index >= 15 is 0 Å². The third kappa shape index (κ3) is 2.67. The zero-order valence-corrected chi connectivity index (χ0v) is 17.4. The van der Waals surface area contributed by atoms with Crippen LogP contribution in [0.25, 0.3) is 6.08 Å². The van der Waals surface area contributed by atoms with Crippen LogP contribution in [-0.4, -0.2) is 37.0 Å². The van der Waals surface area contributed by atoms with E-state index in [9.17, 15) is 24.5 Å². The molecule has 1 saturated carbocycles. The molecule has 0 aromatic heterocycles. The summed E-state index contributed by atoms with van der Waals surface area (Å²) >= 11 is 12.0. The number of allylic oxidation sites excluding steroid dienone is 2. The van der Waals surface area contributed by atoms with Crippen LogP contribution in [0.2, 0.25) is 5.02 Å². The van der Waals surface area contributed by atoms with E-state index in [0.717, 1.165) is 28.2 Å². The van der Waals surface area contributed by atoms with Gasteiger partial charge in [-0.05, 0) is 48.2 Å². The number of hydrogen-bond acceptors (Lipinski definition) is 7. The smallest absolute Gasteiger partial charge is 0.272 e. The maximum Gasteiger partial charge on any atom is 0.288 e. The molecular weight excluding hydrogens is 450 g/mol. The molecule has 4 atom stereocenters. The Morgan fingerprint density at radius 1 is 1.13 bits per heavy atom. The summed E-state index contributed by atoms with van der Waals surface area (Å²) < 4.78 is 0.0664. The number of fused-ring (bicyclic) bond motifs is 5. The van der Waals surface area contributed by atoms with Crippen LogP contribution in [0.1, 0.15) is 12.0 Å². The van der Waals surface area contributed by atoms with E-state index in [2.05, 4.69) is 0 Å². The highest BCUT2D eigenvalue weighted by Crippen LogP contribution is 2.53. The molecule has 2 bridgehead atoms. The monoisotopic (exact) mass is 461 g/mol. The van der Waals surface area contributed by atoms with Crippen LogP contribution >= 0.6 is 35.6 Å². The maximum atomic E-state index is 13.0. The van der Waals surface area contributed by atoms with Gasteiger partial charge in [-0.3, -0.25) is 24.5 Å². The van der Waals surface area contributed by atoms with E-state index in [4.69, 9.17) is 23.8 Å². The number of hydrogen-bond donors (Lipinski definition) is 0. The van der Waals surface area contributed by atoms with Gasteiger partial charge in [0.15, 0.2) is 4.32 Å². The molecule has 1 aromatic carbocycles. The van der Waals surface area contributed by atoms with Gasteiger partial charge in [-0.15, -0.1) is 0 Å². The lowest BCUT2D eigenvalue weighted by Gasteiger charge is -2.25. The van der Waals surface area contributed by atoms with Gasteiger partial charge >= 0.3 is 0 Å². The first kappa shape index (κ1) is 19.4. The summed E-state index contributed by atoms with van der Waals surface area (Å²) in [4.78, 5) is 49.6. The number of hydrazine groups is 1. The van der Waals surface area contributed by atoms with Gasteiger partial charge in [0.05, 0.1) is 21.7 Å². The third-order valence-corrected chi connectivity index (χ3v) is 7.49. The van der Waals surface area contributed by atoms with Crippen molar-refractivity contribution in [3.63, 3.8) is 0 Å². The number of amides is 3. The molecule has 2 aliphatic heterocycles. The number of carbonyl (C=O) groups excluding carboxylic acids is 3. The number of benzene rings is 1. The Balaban J connectivity index is 1.45. The van der Waals surface area contributed by atoms with Crippen LogP contribution in [0.5, 0.6) is 0 Å². The van der Waals surface area contributed by atoms with Crippen molar-refractivity contribution < 1.29 is 19.3 Å². The van der Waals surface area contributed by atoms with Crippen LogP contribution in [0.4, 0.5) is 5.69 Å². The van der Waals surface area contributed by atoms with Gasteiger partial charge in [0.2, 0.25) is 0 Å². The number of imide groups is 1. The van der Waals surface area contributed by atoms with E-state index in [0.29, 0.717) is 5.56 Å². The van der Waals surface area contributed by atoms with Crippen molar-refractivity contribution in [2.75, 3.05) is 0 Å². The lowest BCUT2D eigenvalue weighted by Crippen LogP contribution is -2.49. The first-order chi connectivity index (χ1) is 14.3. The second-order valence-electron chi connectivity index (χ2n) is 7.45. The summed E-state index contributed by atoms with van der Waals surface area (Å²) in [6, 6.07) is 4.14. The highest BCUT2D eigenvalue weighted by molar-refractivity contribution is 8.26. The molecule has 30 heavy (non-hydrogen) atoms. The molecule has 2 saturated heterocycles. The number of nitro groups is 1. The highest BCUT2D eigenvalue weighted by Gasteiger charge is 2.62. The van der Waals surface area contributed by atoms with Crippen LogP contribution in [0, 0.1) is 33.8 Å². The molecule has 152 valence electrons. The number of nitro benzene ring substituents is 1. The van der Waals surface area contributed by atoms with Crippen molar-refractivity contribution in [1.82, 2.24) is 10.0 Å². The lowest BCUT2D eigenvalue weighted by molar-refractivity contribution is -0.384. The highest BCUT2D eigenvalue weighted by atomic mass is 35.5. The summed E-state index contributed by atoms with van der Waals surface area (Å²) in [6.07, 6.45) is 6.16. The number of halogens is 1. The second kappa shape index (κ2) is 6.73. The topological polar surface area (TPSA) is 101 Å². The molecule has 0 unspecified atom stereocenters. The quantitative estimate of drug-likeness (QED) is 0.170. The van der Waals surface area contributed by atoms with E-state index in [1.165, 1.54) is 24.3 Å². The van der Waals surface area contributed by atoms with Gasteiger partial charge in [-0.2, -0.15) is 10.0 Å². The molecule has 3 amide bonds. The van der Waals surface area contributed by atoms with Crippen molar-refractivity contribution in [2.45, 2.75) is 6.42 Å². The summed E-state index contributed by atoms with van der Waals surface area (Å²) in [5, 5.41) is 12.9. The van der Waals surface area contributed by atoms with Gasteiger partial charge in [0.25, 0.3) is 23.4 Å². The number of thiocarbonyl (C=S) groups is 1. The van der Waals surface area contributed by atoms with Crippen molar-refractivity contribution >= 4 is 69.4 Å². The molecule has 0 radical (unpaired) electrons. The van der Waals surface area contributed by atoms with Crippen molar-refractivity contribution in [2.24, 2.45) is 23.7 Å². The molecule has 8 nitrogen and oxygen atoms in total. The fourth-order valence-electron chi connectivity index (χ4n) is 4.63. The predicted octanol–water partition coefficient (Wildman–Crippen LogP) is 3.17. The molecule has 1 aromatic rings. The molecule has 2 aliphatic carbocycles. The summed E-state index contributed by atoms with van der Waals surface area (Å²) in [5.41, 5.74) is 0.0892. The largest absolute Gasteiger partial charge is 0.288 e. The fourth-order valence-corrected chi connectivity index (χ4v) is 6.05. The van der Waals surface area contributed by atoms with Crippen molar-refractivity contribution in [3.8, 4) is 0 Å². The summed E-state index contributed by atoms with van der Waals surface area (Å²) in [7, 11) is 0. The molecule has 0 N–H and O–H groups in total. The van der Waals surface area contributed by atoms with Gasteiger partial charge in [0, 0.05) is 6.07 Å². The van der Waals surface area contributed by atoms with Gasteiger partial charge in [0.1, 0.15) is 5.02 Å². The lowest BCUT2D eigenvalue weighted by atomic mass is 9.85. The van der Waals surface area contributed by atoms with Crippen molar-refractivity contribution in [1.29, 1.82) is 0 Å². The van der Waals surface area contributed by atoms with Gasteiger partial charge < -0.3 is 0 Å². The Morgan fingerprint density at radius 3 is 2.37 bits per heavy atom. The van der Waals surface area contributed by atoms with Crippen molar-refractivity contribution in [3.05, 3.63) is 56.0 Å². The average molecular weight is 462 g/mol. The minimum absolute atomic E-state index is 0.0185. The summed E-state index contributed by atoms with van der Waals surface area (Å²) in [5.74, 6) is -2.26. The molecule has 5 rings (SSSR count). The minimum atomic E-state index is -0.618. The average Bonchev–Trinajstić information content (AvgIpc) is 3.43. The second-order valence-corrected chi connectivity index (χ2v) is 9.53. The molecule has 4 aliphatic rings. The standard InChI is InChI=1S/C19H12ClN3O5S2/c20-11-4-1-8(5-12(11)23(27)28)6-13-16(24)22(19(29)30-13)21-17(25)14-9-2-3-10(7-9)15(14)18(21)26/h1-6,9-10,14-15H,7H2/b13-6+/t9-,10+,14-,15+. The van der Waals surface area contributed by atoms with Crippen LogP contribution in [0.15, 0.2) is 35.3 Å². The molecular formula is C19H12ClN3O5S2. The van der Waals surface area contributed by atoms with Crippen LogP contribution < -0.4 is 0 Å². The SMILES string of the molecule is O=C1/C(=C\c2ccc(Cl)c([N+](=O)[O-])c2)SC(=S)N1N1C(=O)[C@@H]2[C@H](C1=O)[C@@H]1C=C[C@H]2C1. The Morgan fingerprint density at radius 2 is 1.77 bits per heavy atom. The first-order valence-electron chi connectivity index (χ1n) is 9.06. The molecule has 3 fully saturated rings. The normalized spacial score (nSPS) is 30.9. The predicted molar refractivity (Wildman–Crippen MR) is 113 cm³/mol. The Hall–Kier alpha value is -2.56. The van der Waals surface area contributed by atoms with E-state index in [1.54, 1.807) is 0 Å². The maximum absolute atomic E-state index is 13.0. The third-order valence-electron chi connectivity index (χ3n) is 5.89. The number of nitrogens with zero attached hydrogens (tertiary/aromatic N) is 3. The molecule has 2 heterocycles. The number of rotatable bonds is 3.